The van der Waals surface area contributed by atoms with Crippen LogP contribution in [0.4, 0.5) is 14.9 Å². The highest BCUT2D eigenvalue weighted by atomic mass is 19.1. The van der Waals surface area contributed by atoms with Crippen LogP contribution in [-0.2, 0) is 22.4 Å². The summed E-state index contributed by atoms with van der Waals surface area (Å²) in [4.78, 5) is 27.4. The van der Waals surface area contributed by atoms with Crippen LogP contribution in [0, 0.1) is 5.82 Å². The van der Waals surface area contributed by atoms with Crippen molar-refractivity contribution in [3.05, 3.63) is 82.7 Å². The van der Waals surface area contributed by atoms with Crippen molar-refractivity contribution in [1.29, 1.82) is 0 Å². The first-order valence-corrected chi connectivity index (χ1v) is 14.2. The second-order valence-corrected chi connectivity index (χ2v) is 10.3. The predicted octanol–water partition coefficient (Wildman–Crippen LogP) is 5.92. The van der Waals surface area contributed by atoms with Crippen molar-refractivity contribution in [2.75, 3.05) is 31.8 Å². The molecule has 2 N–H and O–H groups in total. The van der Waals surface area contributed by atoms with Gasteiger partial charge >= 0.3 is 6.16 Å². The average Bonchev–Trinajstić information content (AvgIpc) is 3.58. The van der Waals surface area contributed by atoms with E-state index in [1.807, 2.05) is 43.0 Å². The Kier molecular flexibility index (Phi) is 8.82. The van der Waals surface area contributed by atoms with Gasteiger partial charge in [-0.3, -0.25) is 9.69 Å². The maximum Gasteiger partial charge on any atom is 0.506 e. The number of carbonyl (C=O) groups is 2. The normalized spacial score (nSPS) is 19.5. The van der Waals surface area contributed by atoms with Gasteiger partial charge in [-0.05, 0) is 66.3 Å². The molecular formula is C32H35FN2O7. The van der Waals surface area contributed by atoms with Gasteiger partial charge in [-0.15, -0.1) is 0 Å². The quantitative estimate of drug-likeness (QED) is 0.286. The van der Waals surface area contributed by atoms with Crippen molar-refractivity contribution in [2.24, 2.45) is 0 Å². The molecule has 2 heterocycles. The highest BCUT2D eigenvalue weighted by Crippen LogP contribution is 2.45. The molecule has 2 aliphatic rings. The van der Waals surface area contributed by atoms with E-state index in [1.54, 1.807) is 25.1 Å². The van der Waals surface area contributed by atoms with Gasteiger partial charge in [0.15, 0.2) is 23.1 Å². The summed E-state index contributed by atoms with van der Waals surface area (Å²) in [6, 6.07) is 15.1. The van der Waals surface area contributed by atoms with Gasteiger partial charge in [0.05, 0.1) is 19.2 Å². The summed E-state index contributed by atoms with van der Waals surface area (Å²) < 4.78 is 37.0. The lowest BCUT2D eigenvalue weighted by Crippen LogP contribution is -2.36. The number of rotatable bonds is 10. The summed E-state index contributed by atoms with van der Waals surface area (Å²) in [5.74, 6) is -0.0851. The molecule has 3 aromatic rings. The number of fused-ring (bicyclic) bond motifs is 1. The van der Waals surface area contributed by atoms with Crippen molar-refractivity contribution < 1.29 is 38.0 Å². The Hall–Kier alpha value is -4.31. The lowest BCUT2D eigenvalue weighted by atomic mass is 9.90. The second-order valence-electron chi connectivity index (χ2n) is 10.3. The number of nitrogens with zero attached hydrogens (tertiary/aromatic N) is 1. The highest BCUT2D eigenvalue weighted by molar-refractivity contribution is 5.94. The van der Waals surface area contributed by atoms with Crippen LogP contribution in [0.25, 0.3) is 0 Å². The zero-order valence-corrected chi connectivity index (χ0v) is 23.9. The number of carboxylic acid groups (broad SMARTS) is 1. The van der Waals surface area contributed by atoms with Crippen LogP contribution in [-0.4, -0.2) is 54.7 Å². The fraction of sp³-hybridized carbons (Fsp3) is 0.375. The fourth-order valence-corrected chi connectivity index (χ4v) is 5.90. The van der Waals surface area contributed by atoms with Crippen LogP contribution in [0.5, 0.6) is 17.2 Å². The Bertz CT molecular complexity index is 1440. The molecule has 0 spiro atoms. The number of likely N-dealkylation sites (tertiary alicyclic amines) is 1. The van der Waals surface area contributed by atoms with Gasteiger partial charge in [-0.2, -0.15) is 0 Å². The minimum atomic E-state index is -1.46. The van der Waals surface area contributed by atoms with E-state index >= 15 is 4.39 Å². The first-order valence-electron chi connectivity index (χ1n) is 14.2. The van der Waals surface area contributed by atoms with Gasteiger partial charge in [-0.1, -0.05) is 44.2 Å². The maximum atomic E-state index is 15.1. The number of aryl methyl sites for hydroxylation is 2. The van der Waals surface area contributed by atoms with Crippen molar-refractivity contribution in [3.63, 3.8) is 0 Å². The molecule has 0 bridgehead atoms. The summed E-state index contributed by atoms with van der Waals surface area (Å²) >= 11 is 0. The molecule has 0 aliphatic carbocycles. The molecule has 0 radical (unpaired) electrons. The largest absolute Gasteiger partial charge is 0.506 e. The van der Waals surface area contributed by atoms with Gasteiger partial charge in [-0.25, -0.2) is 9.18 Å². The fourth-order valence-electron chi connectivity index (χ4n) is 5.90. The second kappa shape index (κ2) is 12.7. The topological polar surface area (TPSA) is 107 Å². The highest BCUT2D eigenvalue weighted by Gasteiger charge is 2.47. The van der Waals surface area contributed by atoms with Crippen molar-refractivity contribution in [3.8, 4) is 17.2 Å². The van der Waals surface area contributed by atoms with Gasteiger partial charge in [0.2, 0.25) is 12.7 Å². The van der Waals surface area contributed by atoms with Gasteiger partial charge < -0.3 is 29.4 Å². The molecule has 9 nitrogen and oxygen atoms in total. The van der Waals surface area contributed by atoms with Crippen LogP contribution in [0.3, 0.4) is 0 Å². The van der Waals surface area contributed by atoms with E-state index in [4.69, 9.17) is 18.9 Å². The third-order valence-corrected chi connectivity index (χ3v) is 7.80. The number of nitrogens with one attached hydrogen (secondary N) is 1. The maximum absolute atomic E-state index is 15.1. The molecule has 3 aromatic carbocycles. The monoisotopic (exact) mass is 578 g/mol. The smallest absolute Gasteiger partial charge is 0.491 e. The van der Waals surface area contributed by atoms with Crippen LogP contribution in [0.2, 0.25) is 0 Å². The van der Waals surface area contributed by atoms with Crippen LogP contribution in [0.15, 0.2) is 54.6 Å². The molecule has 222 valence electrons. The molecule has 1 saturated heterocycles. The van der Waals surface area contributed by atoms with Crippen molar-refractivity contribution in [1.82, 2.24) is 4.90 Å². The summed E-state index contributed by atoms with van der Waals surface area (Å²) in [6.07, 6.45) is -0.899. The summed E-state index contributed by atoms with van der Waals surface area (Å²) in [5, 5.41) is 12.8. The van der Waals surface area contributed by atoms with E-state index in [0.29, 0.717) is 23.7 Å². The Morgan fingerprint density at radius 3 is 2.38 bits per heavy atom. The van der Waals surface area contributed by atoms with Crippen molar-refractivity contribution >= 4 is 17.7 Å². The Balaban J connectivity index is 1.51. The zero-order valence-electron chi connectivity index (χ0n) is 23.9. The van der Waals surface area contributed by atoms with Gasteiger partial charge in [0.1, 0.15) is 6.10 Å². The van der Waals surface area contributed by atoms with E-state index in [2.05, 4.69) is 5.32 Å². The Morgan fingerprint density at radius 1 is 1.00 bits per heavy atom. The SMILES string of the molecule is CCOc1ccc([C@@H]2[C@@H](OC(=O)O)[C@@H](c3ccc4c(c3)OCO4)CN2CC(=O)Nc2c(CC)cccc2CC)cc1F. The summed E-state index contributed by atoms with van der Waals surface area (Å²) in [7, 11) is 0. The lowest BCUT2D eigenvalue weighted by Gasteiger charge is -2.28. The number of anilines is 1. The van der Waals surface area contributed by atoms with E-state index in [0.717, 1.165) is 35.2 Å². The number of carbonyl (C=O) groups excluding carboxylic acids is 1. The lowest BCUT2D eigenvalue weighted by molar-refractivity contribution is -0.117. The van der Waals surface area contributed by atoms with Crippen LogP contribution >= 0.6 is 0 Å². The molecule has 1 fully saturated rings. The minimum absolute atomic E-state index is 0.0682. The Morgan fingerprint density at radius 2 is 1.71 bits per heavy atom. The Labute approximate surface area is 244 Å². The number of benzene rings is 3. The summed E-state index contributed by atoms with van der Waals surface area (Å²) in [5.41, 5.74) is 4.08. The molecule has 5 rings (SSSR count). The molecule has 42 heavy (non-hydrogen) atoms. The molecule has 1 amide bonds. The number of halogens is 1. The number of hydrogen-bond donors (Lipinski definition) is 2. The zero-order chi connectivity index (χ0) is 29.8. The molecule has 0 saturated carbocycles. The summed E-state index contributed by atoms with van der Waals surface area (Å²) in [6.45, 7) is 6.43. The first kappa shape index (κ1) is 29.2. The van der Waals surface area contributed by atoms with Gasteiger partial charge in [0.25, 0.3) is 0 Å². The third-order valence-electron chi connectivity index (χ3n) is 7.80. The number of hydrogen-bond acceptors (Lipinski definition) is 7. The van der Waals surface area contributed by atoms with Crippen molar-refractivity contribution in [2.45, 2.75) is 51.7 Å². The number of ether oxygens (including phenoxy) is 4. The first-order chi connectivity index (χ1) is 20.3. The molecule has 10 heteroatoms. The van der Waals surface area contributed by atoms with E-state index in [-0.39, 0.29) is 31.5 Å². The predicted molar refractivity (Wildman–Crippen MR) is 154 cm³/mol. The van der Waals surface area contributed by atoms with E-state index < -0.39 is 30.0 Å². The van der Waals surface area contributed by atoms with Gasteiger partial charge in [0, 0.05) is 18.2 Å². The molecule has 3 atom stereocenters. The molecular weight excluding hydrogens is 543 g/mol. The van der Waals surface area contributed by atoms with Crippen LogP contribution in [0.1, 0.15) is 55.0 Å². The van der Waals surface area contributed by atoms with Crippen LogP contribution < -0.4 is 19.5 Å². The molecule has 2 aliphatic heterocycles. The molecule has 0 aromatic heterocycles. The average molecular weight is 579 g/mol. The molecule has 0 unspecified atom stereocenters. The van der Waals surface area contributed by atoms with E-state index in [9.17, 15) is 14.7 Å². The van der Waals surface area contributed by atoms with E-state index in [1.165, 1.54) is 12.1 Å². The number of amides is 1. The third kappa shape index (κ3) is 5.99. The minimum Gasteiger partial charge on any atom is -0.491 e. The number of para-hydroxylation sites is 1. The standard InChI is InChI=1S/C32H35FN2O7/c1-4-19-8-7-9-20(5-2)29(19)34-28(36)17-35-16-23(21-10-13-26-27(15-21)41-18-40-26)31(42-32(37)38)30(35)22-11-12-25(39-6-3)24(33)14-22/h7-15,23,30-31H,4-6,16-18H2,1-3H3,(H,34,36)(H,37,38)/t23-,30-,31+/m1/s1.